The summed E-state index contributed by atoms with van der Waals surface area (Å²) in [5.74, 6) is -1.22. The van der Waals surface area contributed by atoms with E-state index in [1.807, 2.05) is 0 Å². The van der Waals surface area contributed by atoms with Gasteiger partial charge in [0.15, 0.2) is 0 Å². The summed E-state index contributed by atoms with van der Waals surface area (Å²) in [5.41, 5.74) is 0.650. The molecule has 0 bridgehead atoms. The second kappa shape index (κ2) is 8.71. The maximum atomic E-state index is 13.4. The van der Waals surface area contributed by atoms with E-state index in [0.717, 1.165) is 44.9 Å². The van der Waals surface area contributed by atoms with Crippen LogP contribution in [0.4, 0.5) is 15.9 Å². The zero-order chi connectivity index (χ0) is 22.9. The molecule has 8 nitrogen and oxygen atoms in total. The molecule has 32 heavy (non-hydrogen) atoms. The molecule has 1 aromatic heterocycles. The number of nitrogens with zero attached hydrogens (tertiary/aromatic N) is 3. The number of hydrogen-bond acceptors (Lipinski definition) is 6. The van der Waals surface area contributed by atoms with Crippen LogP contribution in [-0.4, -0.2) is 62.1 Å². The van der Waals surface area contributed by atoms with E-state index in [-0.39, 0.29) is 16.1 Å². The molecule has 1 aliphatic rings. The first-order valence-corrected chi connectivity index (χ1v) is 11.7. The lowest BCUT2D eigenvalue weighted by atomic mass is 10.1. The summed E-state index contributed by atoms with van der Waals surface area (Å²) in [6.45, 7) is 6.31. The SMILES string of the molecule is CCN1CCN(c2cc(C(=O)O)c3cc(NS(=O)(=O)c4cccc(F)c4)ccc3n2)CC1. The molecule has 0 unspecified atom stereocenters. The van der Waals surface area contributed by atoms with Crippen molar-refractivity contribution < 1.29 is 22.7 Å². The van der Waals surface area contributed by atoms with Gasteiger partial charge in [0.05, 0.1) is 16.0 Å². The second-order valence-electron chi connectivity index (χ2n) is 7.55. The number of sulfonamides is 1. The van der Waals surface area contributed by atoms with Gasteiger partial charge in [-0.15, -0.1) is 0 Å². The van der Waals surface area contributed by atoms with E-state index in [2.05, 4.69) is 26.4 Å². The van der Waals surface area contributed by atoms with Gasteiger partial charge in [-0.1, -0.05) is 13.0 Å². The van der Waals surface area contributed by atoms with Crippen molar-refractivity contribution >= 4 is 38.4 Å². The van der Waals surface area contributed by atoms with Gasteiger partial charge >= 0.3 is 5.97 Å². The second-order valence-corrected chi connectivity index (χ2v) is 9.23. The fourth-order valence-corrected chi connectivity index (χ4v) is 4.84. The van der Waals surface area contributed by atoms with Crippen LogP contribution in [0.1, 0.15) is 17.3 Å². The number of likely N-dealkylation sites (N-methyl/N-ethyl adjacent to an activating group) is 1. The Morgan fingerprint density at radius 2 is 1.88 bits per heavy atom. The Hall–Kier alpha value is -3.24. The molecule has 2 aromatic carbocycles. The molecule has 0 amide bonds. The first-order valence-electron chi connectivity index (χ1n) is 10.2. The highest BCUT2D eigenvalue weighted by molar-refractivity contribution is 7.92. The molecule has 1 aliphatic heterocycles. The number of aromatic nitrogens is 1. The van der Waals surface area contributed by atoms with Crippen LogP contribution in [0.2, 0.25) is 0 Å². The molecule has 2 heterocycles. The number of piperazine rings is 1. The molecule has 0 atom stereocenters. The number of benzene rings is 2. The highest BCUT2D eigenvalue weighted by atomic mass is 32.2. The Bertz CT molecular complexity index is 1270. The predicted molar refractivity (Wildman–Crippen MR) is 120 cm³/mol. The van der Waals surface area contributed by atoms with Gasteiger partial charge < -0.3 is 14.9 Å². The summed E-state index contributed by atoms with van der Waals surface area (Å²) in [4.78, 5) is 20.7. The number of hydrogen-bond donors (Lipinski definition) is 2. The largest absolute Gasteiger partial charge is 0.478 e. The zero-order valence-electron chi connectivity index (χ0n) is 17.5. The molecule has 1 fully saturated rings. The van der Waals surface area contributed by atoms with Crippen molar-refractivity contribution in [2.24, 2.45) is 0 Å². The fraction of sp³-hybridized carbons (Fsp3) is 0.273. The van der Waals surface area contributed by atoms with Gasteiger partial charge in [-0.3, -0.25) is 4.72 Å². The molecule has 168 valence electrons. The summed E-state index contributed by atoms with van der Waals surface area (Å²) in [5, 5.41) is 10.1. The third-order valence-corrected chi connectivity index (χ3v) is 6.91. The monoisotopic (exact) mass is 458 g/mol. The average molecular weight is 459 g/mol. The molecule has 3 aromatic rings. The number of carboxylic acids is 1. The highest BCUT2D eigenvalue weighted by Crippen LogP contribution is 2.28. The number of fused-ring (bicyclic) bond motifs is 1. The highest BCUT2D eigenvalue weighted by Gasteiger charge is 2.21. The smallest absolute Gasteiger partial charge is 0.336 e. The van der Waals surface area contributed by atoms with Gasteiger partial charge in [0, 0.05) is 37.3 Å². The van der Waals surface area contributed by atoms with Gasteiger partial charge in [0.25, 0.3) is 10.0 Å². The van der Waals surface area contributed by atoms with Crippen LogP contribution < -0.4 is 9.62 Å². The number of anilines is 2. The standard InChI is InChI=1S/C22H23FN4O4S/c1-2-26-8-10-27(11-9-26)21-14-19(22(28)29)18-13-16(6-7-20(18)24-21)25-32(30,31)17-5-3-4-15(23)12-17/h3-7,12-14,25H,2,8-11H2,1H3,(H,28,29). The summed E-state index contributed by atoms with van der Waals surface area (Å²) in [6.07, 6.45) is 0. The van der Waals surface area contributed by atoms with Crippen LogP contribution in [0, 0.1) is 5.82 Å². The first-order chi connectivity index (χ1) is 15.3. The van der Waals surface area contributed by atoms with Crippen LogP contribution in [0.25, 0.3) is 10.9 Å². The third-order valence-electron chi connectivity index (χ3n) is 5.53. The molecule has 2 N–H and O–H groups in total. The molecule has 4 rings (SSSR count). The first kappa shape index (κ1) is 22.0. The van der Waals surface area contributed by atoms with Crippen LogP contribution in [0.5, 0.6) is 0 Å². The Balaban J connectivity index is 1.68. The van der Waals surface area contributed by atoms with E-state index in [1.54, 1.807) is 6.07 Å². The Labute approximate surface area is 185 Å². The van der Waals surface area contributed by atoms with Crippen LogP contribution in [0.3, 0.4) is 0 Å². The third kappa shape index (κ3) is 4.51. The normalized spacial score (nSPS) is 15.1. The number of halogens is 1. The molecule has 0 saturated carbocycles. The quantitative estimate of drug-likeness (QED) is 0.585. The minimum atomic E-state index is -4.04. The fourth-order valence-electron chi connectivity index (χ4n) is 3.76. The van der Waals surface area contributed by atoms with E-state index in [1.165, 1.54) is 30.3 Å². The van der Waals surface area contributed by atoms with E-state index < -0.39 is 21.8 Å². The van der Waals surface area contributed by atoms with Crippen LogP contribution >= 0.6 is 0 Å². The number of rotatable bonds is 6. The predicted octanol–water partition coefficient (Wildman–Crippen LogP) is 3.01. The Morgan fingerprint density at radius 3 is 2.53 bits per heavy atom. The van der Waals surface area contributed by atoms with Gasteiger partial charge in [-0.05, 0) is 49.0 Å². The molecule has 0 spiro atoms. The van der Waals surface area contributed by atoms with Crippen LogP contribution in [-0.2, 0) is 10.0 Å². The van der Waals surface area contributed by atoms with Crippen molar-refractivity contribution in [1.29, 1.82) is 0 Å². The Kier molecular flexibility index (Phi) is 5.98. The summed E-state index contributed by atoms with van der Waals surface area (Å²) in [7, 11) is -4.04. The lowest BCUT2D eigenvalue weighted by Gasteiger charge is -2.35. The van der Waals surface area contributed by atoms with Gasteiger partial charge in [0.2, 0.25) is 0 Å². The van der Waals surface area contributed by atoms with E-state index in [4.69, 9.17) is 0 Å². The van der Waals surface area contributed by atoms with E-state index in [0.29, 0.717) is 16.7 Å². The maximum Gasteiger partial charge on any atom is 0.336 e. The maximum absolute atomic E-state index is 13.4. The van der Waals surface area contributed by atoms with Gasteiger partial charge in [-0.2, -0.15) is 0 Å². The van der Waals surface area contributed by atoms with E-state index >= 15 is 0 Å². The van der Waals surface area contributed by atoms with Crippen molar-refractivity contribution in [1.82, 2.24) is 9.88 Å². The number of carbonyl (C=O) groups is 1. The number of nitrogens with one attached hydrogen (secondary N) is 1. The molecular formula is C22H23FN4O4S. The summed E-state index contributed by atoms with van der Waals surface area (Å²) in [6, 6.07) is 10.7. The summed E-state index contributed by atoms with van der Waals surface area (Å²) >= 11 is 0. The molecular weight excluding hydrogens is 435 g/mol. The van der Waals surface area contributed by atoms with Crippen molar-refractivity contribution in [2.45, 2.75) is 11.8 Å². The average Bonchev–Trinajstić information content (AvgIpc) is 2.78. The minimum absolute atomic E-state index is 0.0368. The number of carboxylic acid groups (broad SMARTS) is 1. The lowest BCUT2D eigenvalue weighted by Crippen LogP contribution is -2.46. The van der Waals surface area contributed by atoms with Gasteiger partial charge in [0.1, 0.15) is 11.6 Å². The van der Waals surface area contributed by atoms with Crippen molar-refractivity contribution in [3.05, 3.63) is 59.9 Å². The molecule has 10 heteroatoms. The lowest BCUT2D eigenvalue weighted by molar-refractivity contribution is 0.0699. The minimum Gasteiger partial charge on any atom is -0.478 e. The molecule has 0 aliphatic carbocycles. The Morgan fingerprint density at radius 1 is 1.12 bits per heavy atom. The van der Waals surface area contributed by atoms with Crippen molar-refractivity contribution in [3.63, 3.8) is 0 Å². The van der Waals surface area contributed by atoms with Crippen molar-refractivity contribution in [2.75, 3.05) is 42.3 Å². The zero-order valence-corrected chi connectivity index (χ0v) is 18.3. The number of aromatic carboxylic acids is 1. The molecule has 1 saturated heterocycles. The van der Waals surface area contributed by atoms with Gasteiger partial charge in [-0.25, -0.2) is 22.6 Å². The van der Waals surface area contributed by atoms with Crippen LogP contribution in [0.15, 0.2) is 53.4 Å². The summed E-state index contributed by atoms with van der Waals surface area (Å²) < 4.78 is 41.0. The topological polar surface area (TPSA) is 103 Å². The van der Waals surface area contributed by atoms with Crippen molar-refractivity contribution in [3.8, 4) is 0 Å². The number of pyridine rings is 1. The van der Waals surface area contributed by atoms with E-state index in [9.17, 15) is 22.7 Å². The molecule has 0 radical (unpaired) electrons.